The largest absolute Gasteiger partial charge is 0.507 e. The van der Waals surface area contributed by atoms with Gasteiger partial charge in [0.2, 0.25) is 0 Å². The molecule has 1 aliphatic rings. The van der Waals surface area contributed by atoms with Crippen molar-refractivity contribution in [2.24, 2.45) is 0 Å². The van der Waals surface area contributed by atoms with E-state index in [4.69, 9.17) is 9.47 Å². The molecule has 0 aliphatic carbocycles. The molecular formula is C30H29NO6. The van der Waals surface area contributed by atoms with Gasteiger partial charge in [0.15, 0.2) is 0 Å². The van der Waals surface area contributed by atoms with Crippen molar-refractivity contribution in [3.05, 3.63) is 94.1 Å². The van der Waals surface area contributed by atoms with E-state index in [9.17, 15) is 19.5 Å². The first-order chi connectivity index (χ1) is 17.7. The van der Waals surface area contributed by atoms with Crippen LogP contribution in [0.5, 0.6) is 11.5 Å². The monoisotopic (exact) mass is 499 g/mol. The Morgan fingerprint density at radius 3 is 2.32 bits per heavy atom. The predicted molar refractivity (Wildman–Crippen MR) is 141 cm³/mol. The minimum atomic E-state index is -0.940. The van der Waals surface area contributed by atoms with Crippen LogP contribution in [0, 0.1) is 13.8 Å². The van der Waals surface area contributed by atoms with Crippen molar-refractivity contribution in [1.82, 2.24) is 0 Å². The highest BCUT2D eigenvalue weighted by Crippen LogP contribution is 2.43. The quantitative estimate of drug-likeness (QED) is 0.160. The number of carbonyl (C=O) groups is 3. The van der Waals surface area contributed by atoms with Crippen LogP contribution >= 0.6 is 0 Å². The molecule has 1 atom stereocenters. The van der Waals surface area contributed by atoms with Crippen LogP contribution in [-0.2, 0) is 20.8 Å². The Kier molecular flexibility index (Phi) is 7.16. The zero-order valence-corrected chi connectivity index (χ0v) is 21.5. The molecule has 0 radical (unpaired) electrons. The van der Waals surface area contributed by atoms with E-state index in [2.05, 4.69) is 0 Å². The highest BCUT2D eigenvalue weighted by Gasteiger charge is 2.47. The summed E-state index contributed by atoms with van der Waals surface area (Å²) in [5, 5.41) is 11.5. The van der Waals surface area contributed by atoms with Crippen LogP contribution in [0.3, 0.4) is 0 Å². The van der Waals surface area contributed by atoms with Crippen LogP contribution in [0.4, 0.5) is 5.69 Å². The van der Waals surface area contributed by atoms with Crippen molar-refractivity contribution >= 4 is 29.1 Å². The number of methoxy groups -OCH3 is 1. The van der Waals surface area contributed by atoms with Gasteiger partial charge in [-0.25, -0.2) is 0 Å². The number of aryl methyl sites for hydroxylation is 3. The number of Topliss-reactive ketones (excluding diaryl/α,β-unsaturated/α-hetero) is 1. The molecular weight excluding hydrogens is 470 g/mol. The third kappa shape index (κ3) is 4.85. The zero-order chi connectivity index (χ0) is 26.9. The number of aliphatic hydroxyl groups is 1. The summed E-state index contributed by atoms with van der Waals surface area (Å²) in [4.78, 5) is 39.9. The van der Waals surface area contributed by atoms with Gasteiger partial charge in [0, 0.05) is 18.2 Å². The van der Waals surface area contributed by atoms with E-state index in [1.807, 2.05) is 26.0 Å². The summed E-state index contributed by atoms with van der Waals surface area (Å²) in [6.45, 7) is 6.96. The molecule has 190 valence electrons. The molecule has 1 heterocycles. The molecule has 3 aromatic carbocycles. The molecule has 0 bridgehead atoms. The highest BCUT2D eigenvalue weighted by molar-refractivity contribution is 6.51. The molecule has 3 aromatic rings. The molecule has 1 saturated heterocycles. The standard InChI is InChI=1S/C30H29NO6/c1-6-20-10-12-22(13-11-20)31-27(21-8-7-9-23(16-21)37-19(4)32)26(29(34)30(31)35)28(33)24-14-18(3)25(36-5)15-17(24)2/h7-16,27,33H,6H2,1-5H3/b28-26+. The fourth-order valence-electron chi connectivity index (χ4n) is 4.63. The summed E-state index contributed by atoms with van der Waals surface area (Å²) in [5.74, 6) is -1.41. The topological polar surface area (TPSA) is 93.1 Å². The Labute approximate surface area is 215 Å². The maximum atomic E-state index is 13.5. The molecule has 0 aromatic heterocycles. The maximum Gasteiger partial charge on any atom is 0.308 e. The smallest absolute Gasteiger partial charge is 0.308 e. The minimum Gasteiger partial charge on any atom is -0.507 e. The first kappa shape index (κ1) is 25.7. The van der Waals surface area contributed by atoms with Gasteiger partial charge in [0.1, 0.15) is 17.3 Å². The van der Waals surface area contributed by atoms with Crippen LogP contribution in [-0.4, -0.2) is 29.9 Å². The van der Waals surface area contributed by atoms with E-state index in [1.165, 1.54) is 11.8 Å². The normalized spacial score (nSPS) is 16.7. The van der Waals surface area contributed by atoms with Crippen LogP contribution in [0.2, 0.25) is 0 Å². The predicted octanol–water partition coefficient (Wildman–Crippen LogP) is 5.43. The lowest BCUT2D eigenvalue weighted by atomic mass is 9.93. The van der Waals surface area contributed by atoms with Crippen molar-refractivity contribution in [3.63, 3.8) is 0 Å². The number of carbonyl (C=O) groups excluding carboxylic acids is 3. The van der Waals surface area contributed by atoms with E-state index in [0.29, 0.717) is 28.1 Å². The third-order valence-electron chi connectivity index (χ3n) is 6.50. The van der Waals surface area contributed by atoms with Gasteiger partial charge in [0.25, 0.3) is 11.7 Å². The third-order valence-corrected chi connectivity index (χ3v) is 6.50. The van der Waals surface area contributed by atoms with Gasteiger partial charge in [-0.1, -0.05) is 31.2 Å². The molecule has 4 rings (SSSR count). The van der Waals surface area contributed by atoms with E-state index in [0.717, 1.165) is 17.5 Å². The van der Waals surface area contributed by atoms with Gasteiger partial charge in [-0.2, -0.15) is 0 Å². The average Bonchev–Trinajstić information content (AvgIpc) is 3.14. The van der Waals surface area contributed by atoms with E-state index >= 15 is 0 Å². The van der Waals surface area contributed by atoms with E-state index < -0.39 is 23.7 Å². The van der Waals surface area contributed by atoms with Gasteiger partial charge < -0.3 is 14.6 Å². The Hall–Kier alpha value is -4.39. The van der Waals surface area contributed by atoms with Gasteiger partial charge in [-0.05, 0) is 78.9 Å². The van der Waals surface area contributed by atoms with Gasteiger partial charge >= 0.3 is 5.97 Å². The number of aliphatic hydroxyl groups excluding tert-OH is 1. The number of anilines is 1. The number of ketones is 1. The molecule has 0 saturated carbocycles. The molecule has 7 nitrogen and oxygen atoms in total. The molecule has 1 aliphatic heterocycles. The Morgan fingerprint density at radius 1 is 1.00 bits per heavy atom. The van der Waals surface area contributed by atoms with Crippen LogP contribution in [0.15, 0.2) is 66.2 Å². The fourth-order valence-corrected chi connectivity index (χ4v) is 4.63. The van der Waals surface area contributed by atoms with Crippen LogP contribution in [0.1, 0.15) is 47.7 Å². The summed E-state index contributed by atoms with van der Waals surface area (Å²) < 4.78 is 10.6. The lowest BCUT2D eigenvalue weighted by molar-refractivity contribution is -0.132. The maximum absolute atomic E-state index is 13.5. The van der Waals surface area contributed by atoms with Gasteiger partial charge in [-0.3, -0.25) is 19.3 Å². The average molecular weight is 500 g/mol. The molecule has 0 spiro atoms. The molecule has 1 fully saturated rings. The number of hydrogen-bond acceptors (Lipinski definition) is 6. The summed E-state index contributed by atoms with van der Waals surface area (Å²) in [7, 11) is 1.56. The minimum absolute atomic E-state index is 0.0443. The van der Waals surface area contributed by atoms with Crippen molar-refractivity contribution in [2.75, 3.05) is 12.0 Å². The van der Waals surface area contributed by atoms with Gasteiger partial charge in [0.05, 0.1) is 18.7 Å². The molecule has 1 N–H and O–H groups in total. The van der Waals surface area contributed by atoms with Crippen molar-refractivity contribution < 1.29 is 29.0 Å². The molecule has 1 unspecified atom stereocenters. The summed E-state index contributed by atoms with van der Waals surface area (Å²) in [6, 6.07) is 16.6. The SMILES string of the molecule is CCc1ccc(N2C(=O)C(=O)/C(=C(/O)c3cc(C)c(OC)cc3C)C2c2cccc(OC(C)=O)c2)cc1. The summed E-state index contributed by atoms with van der Waals surface area (Å²) >= 11 is 0. The number of amides is 1. The number of ether oxygens (including phenoxy) is 2. The second-order valence-electron chi connectivity index (χ2n) is 8.99. The molecule has 37 heavy (non-hydrogen) atoms. The number of nitrogens with zero attached hydrogens (tertiary/aromatic N) is 1. The summed E-state index contributed by atoms with van der Waals surface area (Å²) in [5.41, 5.74) is 3.96. The number of esters is 1. The van der Waals surface area contributed by atoms with E-state index in [1.54, 1.807) is 62.6 Å². The highest BCUT2D eigenvalue weighted by atomic mass is 16.5. The number of hydrogen-bond donors (Lipinski definition) is 1. The first-order valence-corrected chi connectivity index (χ1v) is 12.0. The fraction of sp³-hybridized carbons (Fsp3) is 0.233. The van der Waals surface area contributed by atoms with Crippen molar-refractivity contribution in [1.29, 1.82) is 0 Å². The number of rotatable bonds is 6. The van der Waals surface area contributed by atoms with Crippen molar-refractivity contribution in [3.8, 4) is 11.5 Å². The van der Waals surface area contributed by atoms with E-state index in [-0.39, 0.29) is 17.1 Å². The Morgan fingerprint density at radius 2 is 1.70 bits per heavy atom. The molecule has 7 heteroatoms. The lowest BCUT2D eigenvalue weighted by Gasteiger charge is -2.26. The second kappa shape index (κ2) is 10.3. The Bertz CT molecular complexity index is 1420. The zero-order valence-electron chi connectivity index (χ0n) is 21.5. The van der Waals surface area contributed by atoms with Crippen LogP contribution < -0.4 is 14.4 Å². The van der Waals surface area contributed by atoms with Crippen LogP contribution in [0.25, 0.3) is 5.76 Å². The first-order valence-electron chi connectivity index (χ1n) is 12.0. The number of benzene rings is 3. The second-order valence-corrected chi connectivity index (χ2v) is 8.99. The van der Waals surface area contributed by atoms with Gasteiger partial charge in [-0.15, -0.1) is 0 Å². The molecule has 1 amide bonds. The summed E-state index contributed by atoms with van der Waals surface area (Å²) in [6.07, 6.45) is 0.822. The Balaban J connectivity index is 1.96. The van der Waals surface area contributed by atoms with Crippen molar-refractivity contribution in [2.45, 2.75) is 40.2 Å². The lowest BCUT2D eigenvalue weighted by Crippen LogP contribution is -2.29.